The van der Waals surface area contributed by atoms with Gasteiger partial charge in [-0.1, -0.05) is 0 Å². The zero-order valence-electron chi connectivity index (χ0n) is 6.32. The van der Waals surface area contributed by atoms with Gasteiger partial charge in [0, 0.05) is 6.54 Å². The fraction of sp³-hybridized carbons (Fsp3) is 0.800. The number of rotatable bonds is 4. The summed E-state index contributed by atoms with van der Waals surface area (Å²) in [5.41, 5.74) is 0. The first-order valence-corrected chi connectivity index (χ1v) is 4.73. The van der Waals surface area contributed by atoms with Crippen LogP contribution in [-0.2, 0) is 10.0 Å². The van der Waals surface area contributed by atoms with Crippen molar-refractivity contribution < 1.29 is 8.42 Å². The van der Waals surface area contributed by atoms with Crippen molar-refractivity contribution in [1.82, 2.24) is 4.90 Å². The summed E-state index contributed by atoms with van der Waals surface area (Å²) in [6.45, 7) is 0.516. The SMILES string of the molecule is CN(CC#N)CCS(N)(=O)=O. The second kappa shape index (κ2) is 4.28. The third-order valence-corrected chi connectivity index (χ3v) is 1.85. The van der Waals surface area contributed by atoms with E-state index in [1.165, 1.54) is 0 Å². The van der Waals surface area contributed by atoms with Crippen molar-refractivity contribution in [2.45, 2.75) is 0 Å². The average Bonchev–Trinajstić information content (AvgIpc) is 1.83. The average molecular weight is 177 g/mol. The van der Waals surface area contributed by atoms with Crippen molar-refractivity contribution in [3.05, 3.63) is 0 Å². The Morgan fingerprint density at radius 3 is 2.55 bits per heavy atom. The van der Waals surface area contributed by atoms with Crippen LogP contribution in [0.3, 0.4) is 0 Å². The van der Waals surface area contributed by atoms with Crippen LogP contribution in [-0.4, -0.2) is 39.2 Å². The van der Waals surface area contributed by atoms with E-state index in [4.69, 9.17) is 10.4 Å². The molecule has 0 saturated heterocycles. The molecule has 0 heterocycles. The number of hydrogen-bond donors (Lipinski definition) is 1. The summed E-state index contributed by atoms with van der Waals surface area (Å²) >= 11 is 0. The van der Waals surface area contributed by atoms with Crippen LogP contribution in [0.4, 0.5) is 0 Å². The van der Waals surface area contributed by atoms with E-state index in [1.54, 1.807) is 11.9 Å². The van der Waals surface area contributed by atoms with Gasteiger partial charge >= 0.3 is 0 Å². The second-order valence-electron chi connectivity index (χ2n) is 2.26. The summed E-state index contributed by atoms with van der Waals surface area (Å²) in [5.74, 6) is -0.106. The topological polar surface area (TPSA) is 87.2 Å². The molecule has 0 spiro atoms. The molecule has 0 aromatic rings. The molecule has 11 heavy (non-hydrogen) atoms. The number of sulfonamides is 1. The third kappa shape index (κ3) is 7.25. The molecule has 0 aliphatic heterocycles. The Morgan fingerprint density at radius 1 is 1.64 bits per heavy atom. The van der Waals surface area contributed by atoms with E-state index in [1.807, 2.05) is 6.07 Å². The van der Waals surface area contributed by atoms with Gasteiger partial charge in [-0.3, -0.25) is 4.90 Å². The standard InChI is InChI=1S/C5H11N3O2S/c1-8(3-2-6)4-5-11(7,9)10/h3-5H2,1H3,(H2,7,9,10). The Hall–Kier alpha value is -0.640. The van der Waals surface area contributed by atoms with Gasteiger partial charge in [-0.25, -0.2) is 13.6 Å². The number of hydrogen-bond acceptors (Lipinski definition) is 4. The molecule has 0 aromatic heterocycles. The third-order valence-electron chi connectivity index (χ3n) is 1.10. The fourth-order valence-corrected chi connectivity index (χ4v) is 1.05. The van der Waals surface area contributed by atoms with Crippen molar-refractivity contribution in [3.63, 3.8) is 0 Å². The Bertz CT molecular complexity index is 241. The van der Waals surface area contributed by atoms with Gasteiger partial charge in [0.05, 0.1) is 18.4 Å². The Morgan fingerprint density at radius 2 is 2.18 bits per heavy atom. The van der Waals surface area contributed by atoms with Crippen molar-refractivity contribution in [2.75, 3.05) is 25.9 Å². The summed E-state index contributed by atoms with van der Waals surface area (Å²) in [6.07, 6.45) is 0. The lowest BCUT2D eigenvalue weighted by molar-refractivity contribution is 0.396. The first-order valence-electron chi connectivity index (χ1n) is 3.01. The van der Waals surface area contributed by atoms with E-state index in [9.17, 15) is 8.42 Å². The lowest BCUT2D eigenvalue weighted by Crippen LogP contribution is -2.29. The maximum Gasteiger partial charge on any atom is 0.210 e. The number of primary sulfonamides is 1. The zero-order chi connectivity index (χ0) is 8.91. The summed E-state index contributed by atoms with van der Waals surface area (Å²) < 4.78 is 20.8. The maximum absolute atomic E-state index is 10.4. The highest BCUT2D eigenvalue weighted by molar-refractivity contribution is 7.89. The second-order valence-corrected chi connectivity index (χ2v) is 4.00. The fourth-order valence-electron chi connectivity index (χ4n) is 0.483. The summed E-state index contributed by atoms with van der Waals surface area (Å²) in [7, 11) is -1.73. The van der Waals surface area contributed by atoms with Crippen molar-refractivity contribution in [3.8, 4) is 6.07 Å². The van der Waals surface area contributed by atoms with Crippen molar-refractivity contribution in [2.24, 2.45) is 5.14 Å². The maximum atomic E-state index is 10.4. The largest absolute Gasteiger partial charge is 0.293 e. The predicted molar refractivity (Wildman–Crippen MR) is 41.1 cm³/mol. The molecule has 6 heteroatoms. The monoisotopic (exact) mass is 177 g/mol. The highest BCUT2D eigenvalue weighted by Crippen LogP contribution is 1.83. The minimum Gasteiger partial charge on any atom is -0.293 e. The van der Waals surface area contributed by atoms with Crippen LogP contribution in [0.1, 0.15) is 0 Å². The minimum atomic E-state index is -3.39. The molecular weight excluding hydrogens is 166 g/mol. The Labute approximate surface area is 66.5 Å². The number of nitrogens with two attached hydrogens (primary N) is 1. The van der Waals surface area contributed by atoms with E-state index in [-0.39, 0.29) is 12.3 Å². The van der Waals surface area contributed by atoms with Crippen LogP contribution in [0.25, 0.3) is 0 Å². The molecule has 0 atom stereocenters. The molecule has 0 unspecified atom stereocenters. The molecule has 0 rings (SSSR count). The highest BCUT2D eigenvalue weighted by Gasteiger charge is 2.04. The molecule has 64 valence electrons. The lowest BCUT2D eigenvalue weighted by atomic mass is 10.6. The molecule has 5 nitrogen and oxygen atoms in total. The van der Waals surface area contributed by atoms with Gasteiger partial charge in [0.1, 0.15) is 0 Å². The summed E-state index contributed by atoms with van der Waals surface area (Å²) in [4.78, 5) is 1.59. The van der Waals surface area contributed by atoms with E-state index in [0.717, 1.165) is 0 Å². The zero-order valence-corrected chi connectivity index (χ0v) is 7.13. The summed E-state index contributed by atoms with van der Waals surface area (Å²) in [5, 5.41) is 12.9. The molecule has 0 amide bonds. The molecule has 0 aromatic carbocycles. The van der Waals surface area contributed by atoms with E-state index in [2.05, 4.69) is 0 Å². The Kier molecular flexibility index (Phi) is 4.03. The first-order chi connectivity index (χ1) is 4.95. The molecule has 0 fully saturated rings. The van der Waals surface area contributed by atoms with Gasteiger partial charge in [0.25, 0.3) is 0 Å². The van der Waals surface area contributed by atoms with Crippen LogP contribution in [0.5, 0.6) is 0 Å². The van der Waals surface area contributed by atoms with Gasteiger partial charge in [0.15, 0.2) is 0 Å². The smallest absolute Gasteiger partial charge is 0.210 e. The summed E-state index contributed by atoms with van der Waals surface area (Å²) in [6, 6.07) is 1.89. The molecule has 0 bridgehead atoms. The molecule has 0 aliphatic rings. The van der Waals surface area contributed by atoms with E-state index >= 15 is 0 Å². The van der Waals surface area contributed by atoms with E-state index < -0.39 is 10.0 Å². The first kappa shape index (κ1) is 10.4. The molecule has 0 aliphatic carbocycles. The lowest BCUT2D eigenvalue weighted by Gasteiger charge is -2.09. The Balaban J connectivity index is 3.65. The van der Waals surface area contributed by atoms with Crippen LogP contribution in [0.2, 0.25) is 0 Å². The highest BCUT2D eigenvalue weighted by atomic mass is 32.2. The predicted octanol–water partition coefficient (Wildman–Crippen LogP) is -1.27. The van der Waals surface area contributed by atoms with E-state index in [0.29, 0.717) is 6.54 Å². The van der Waals surface area contributed by atoms with Crippen molar-refractivity contribution in [1.29, 1.82) is 5.26 Å². The van der Waals surface area contributed by atoms with Crippen LogP contribution < -0.4 is 5.14 Å². The molecular formula is C5H11N3O2S. The minimum absolute atomic E-state index is 0.106. The van der Waals surface area contributed by atoms with Crippen LogP contribution in [0, 0.1) is 11.3 Å². The van der Waals surface area contributed by atoms with Crippen LogP contribution in [0.15, 0.2) is 0 Å². The van der Waals surface area contributed by atoms with Gasteiger partial charge in [-0.2, -0.15) is 5.26 Å². The molecule has 2 N–H and O–H groups in total. The molecule has 0 radical (unpaired) electrons. The van der Waals surface area contributed by atoms with Gasteiger partial charge in [-0.15, -0.1) is 0 Å². The van der Waals surface area contributed by atoms with Crippen LogP contribution >= 0.6 is 0 Å². The van der Waals surface area contributed by atoms with Gasteiger partial charge in [-0.05, 0) is 7.05 Å². The van der Waals surface area contributed by atoms with Gasteiger partial charge < -0.3 is 0 Å². The number of nitrogens with zero attached hydrogens (tertiary/aromatic N) is 2. The van der Waals surface area contributed by atoms with Crippen molar-refractivity contribution >= 4 is 10.0 Å². The normalized spacial score (nSPS) is 11.5. The van der Waals surface area contributed by atoms with Gasteiger partial charge in [0.2, 0.25) is 10.0 Å². The quantitative estimate of drug-likeness (QED) is 0.542. The molecule has 0 saturated carbocycles. The number of nitriles is 1.